The van der Waals surface area contributed by atoms with Crippen LogP contribution in [0.3, 0.4) is 0 Å². The fourth-order valence-electron chi connectivity index (χ4n) is 3.26. The zero-order chi connectivity index (χ0) is 15.0. The number of halogens is 1. The lowest BCUT2D eigenvalue weighted by molar-refractivity contribution is -0.134. The maximum absolute atomic E-state index is 12.4. The Hall–Kier alpha value is -1.34. The van der Waals surface area contributed by atoms with E-state index in [0.29, 0.717) is 25.3 Å². The van der Waals surface area contributed by atoms with Crippen LogP contribution in [0.25, 0.3) is 0 Å². The van der Waals surface area contributed by atoms with Gasteiger partial charge >= 0.3 is 6.03 Å². The molecule has 7 nitrogen and oxygen atoms in total. The van der Waals surface area contributed by atoms with Gasteiger partial charge in [0.05, 0.1) is 0 Å². The number of amides is 4. The van der Waals surface area contributed by atoms with Crippen molar-refractivity contribution in [2.75, 3.05) is 13.1 Å². The number of carbonyl (C=O) groups excluding carboxylic acids is 3. The van der Waals surface area contributed by atoms with Crippen molar-refractivity contribution in [3.63, 3.8) is 0 Å². The first-order valence-corrected chi connectivity index (χ1v) is 7.68. The first-order valence-electron chi connectivity index (χ1n) is 7.68. The van der Waals surface area contributed by atoms with E-state index in [4.69, 9.17) is 5.73 Å². The van der Waals surface area contributed by atoms with Gasteiger partial charge in [-0.2, -0.15) is 0 Å². The Bertz CT molecular complexity index is 475. The second-order valence-electron chi connectivity index (χ2n) is 6.42. The van der Waals surface area contributed by atoms with Gasteiger partial charge in [-0.1, -0.05) is 12.8 Å². The lowest BCUT2D eigenvalue weighted by atomic mass is 9.98. The van der Waals surface area contributed by atoms with Gasteiger partial charge in [-0.15, -0.1) is 12.4 Å². The van der Waals surface area contributed by atoms with Crippen LogP contribution >= 0.6 is 12.4 Å². The van der Waals surface area contributed by atoms with Crippen molar-refractivity contribution in [1.82, 2.24) is 15.5 Å². The second kappa shape index (κ2) is 6.42. The van der Waals surface area contributed by atoms with E-state index in [1.807, 2.05) is 0 Å². The molecule has 1 spiro atoms. The van der Waals surface area contributed by atoms with Crippen LogP contribution in [0, 0.1) is 5.92 Å². The molecule has 22 heavy (non-hydrogen) atoms. The third-order valence-electron chi connectivity index (χ3n) is 4.77. The molecule has 124 valence electrons. The van der Waals surface area contributed by atoms with E-state index in [-0.39, 0.29) is 36.8 Å². The third kappa shape index (κ3) is 3.20. The summed E-state index contributed by atoms with van der Waals surface area (Å²) in [4.78, 5) is 37.2. The molecule has 3 aliphatic rings. The zero-order valence-corrected chi connectivity index (χ0v) is 13.3. The fraction of sp³-hybridized carbons (Fsp3) is 0.786. The van der Waals surface area contributed by atoms with Crippen molar-refractivity contribution in [2.45, 2.75) is 50.1 Å². The molecule has 1 unspecified atom stereocenters. The SMILES string of the molecule is Cl.NC(CNC(=O)CN1C(=O)NC2(CCCC2)C1=O)C1CC1. The Balaban J connectivity index is 0.00000176. The summed E-state index contributed by atoms with van der Waals surface area (Å²) in [5.41, 5.74) is 5.16. The molecule has 2 saturated carbocycles. The largest absolute Gasteiger partial charge is 0.353 e. The van der Waals surface area contributed by atoms with Gasteiger partial charge in [0.2, 0.25) is 5.91 Å². The van der Waals surface area contributed by atoms with Gasteiger partial charge in [-0.3, -0.25) is 14.5 Å². The summed E-state index contributed by atoms with van der Waals surface area (Å²) >= 11 is 0. The average Bonchev–Trinajstić information content (AvgIpc) is 3.17. The van der Waals surface area contributed by atoms with Crippen molar-refractivity contribution in [3.05, 3.63) is 0 Å². The highest BCUT2D eigenvalue weighted by molar-refractivity contribution is 6.09. The van der Waals surface area contributed by atoms with Gasteiger partial charge in [-0.05, 0) is 31.6 Å². The quantitative estimate of drug-likeness (QED) is 0.623. The molecule has 0 bridgehead atoms. The Kier molecular flexibility index (Phi) is 4.97. The number of hydrogen-bond donors (Lipinski definition) is 3. The molecule has 1 atom stereocenters. The summed E-state index contributed by atoms with van der Waals surface area (Å²) in [6.45, 7) is 0.183. The normalized spacial score (nSPS) is 24.1. The Labute approximate surface area is 135 Å². The predicted octanol–water partition coefficient (Wildman–Crippen LogP) is 0.126. The Morgan fingerprint density at radius 2 is 2.00 bits per heavy atom. The van der Waals surface area contributed by atoms with Crippen molar-refractivity contribution in [1.29, 1.82) is 0 Å². The van der Waals surface area contributed by atoms with E-state index in [1.165, 1.54) is 0 Å². The van der Waals surface area contributed by atoms with Gasteiger partial charge in [0, 0.05) is 12.6 Å². The summed E-state index contributed by atoms with van der Waals surface area (Å²) in [7, 11) is 0. The van der Waals surface area contributed by atoms with Crippen LogP contribution < -0.4 is 16.4 Å². The molecule has 1 saturated heterocycles. The van der Waals surface area contributed by atoms with Crippen LogP contribution in [0.5, 0.6) is 0 Å². The number of nitrogens with two attached hydrogens (primary N) is 1. The van der Waals surface area contributed by atoms with Crippen LogP contribution in [0.2, 0.25) is 0 Å². The number of nitrogens with one attached hydrogen (secondary N) is 2. The third-order valence-corrected chi connectivity index (χ3v) is 4.77. The van der Waals surface area contributed by atoms with Crippen LogP contribution in [-0.2, 0) is 9.59 Å². The number of carbonyl (C=O) groups is 3. The van der Waals surface area contributed by atoms with Gasteiger partial charge < -0.3 is 16.4 Å². The molecule has 8 heteroatoms. The molecular formula is C14H23ClN4O3. The van der Waals surface area contributed by atoms with Crippen molar-refractivity contribution >= 4 is 30.3 Å². The number of imide groups is 1. The van der Waals surface area contributed by atoms with Gasteiger partial charge in [-0.25, -0.2) is 4.79 Å². The minimum Gasteiger partial charge on any atom is -0.353 e. The van der Waals surface area contributed by atoms with Crippen LogP contribution in [0.1, 0.15) is 38.5 Å². The minimum absolute atomic E-state index is 0. The van der Waals surface area contributed by atoms with Gasteiger partial charge in [0.1, 0.15) is 12.1 Å². The lowest BCUT2D eigenvalue weighted by Gasteiger charge is -2.20. The average molecular weight is 331 g/mol. The number of rotatable bonds is 5. The first-order chi connectivity index (χ1) is 10.0. The number of nitrogens with zero attached hydrogens (tertiary/aromatic N) is 1. The Morgan fingerprint density at radius 3 is 2.59 bits per heavy atom. The first kappa shape index (κ1) is 17.0. The van der Waals surface area contributed by atoms with E-state index in [9.17, 15) is 14.4 Å². The summed E-state index contributed by atoms with van der Waals surface area (Å²) in [5, 5.41) is 5.47. The number of urea groups is 1. The van der Waals surface area contributed by atoms with Crippen molar-refractivity contribution in [3.8, 4) is 0 Å². The zero-order valence-electron chi connectivity index (χ0n) is 12.5. The second-order valence-corrected chi connectivity index (χ2v) is 6.42. The van der Waals surface area contributed by atoms with Gasteiger partial charge in [0.15, 0.2) is 0 Å². The molecule has 3 fully saturated rings. The molecular weight excluding hydrogens is 308 g/mol. The molecule has 3 rings (SSSR count). The van der Waals surface area contributed by atoms with Crippen LogP contribution in [0.15, 0.2) is 0 Å². The van der Waals surface area contributed by atoms with Crippen molar-refractivity contribution < 1.29 is 14.4 Å². The highest BCUT2D eigenvalue weighted by atomic mass is 35.5. The molecule has 4 amide bonds. The highest BCUT2D eigenvalue weighted by Gasteiger charge is 2.52. The molecule has 1 heterocycles. The standard InChI is InChI=1S/C14H22N4O3.ClH/c15-10(9-3-4-9)7-16-11(19)8-18-12(20)14(17-13(18)21)5-1-2-6-14;/h9-10H,1-8,15H2,(H,16,19)(H,17,21);1H. The summed E-state index contributed by atoms with van der Waals surface area (Å²) in [6, 6.07) is -0.484. The van der Waals surface area contributed by atoms with E-state index in [0.717, 1.165) is 30.6 Å². The van der Waals surface area contributed by atoms with Crippen molar-refractivity contribution in [2.24, 2.45) is 11.7 Å². The molecule has 2 aliphatic carbocycles. The monoisotopic (exact) mass is 330 g/mol. The topological polar surface area (TPSA) is 105 Å². The van der Waals surface area contributed by atoms with E-state index >= 15 is 0 Å². The van der Waals surface area contributed by atoms with E-state index in [1.54, 1.807) is 0 Å². The maximum Gasteiger partial charge on any atom is 0.325 e. The molecule has 0 aromatic heterocycles. The minimum atomic E-state index is -0.748. The van der Waals surface area contributed by atoms with Crippen LogP contribution in [-0.4, -0.2) is 47.4 Å². The summed E-state index contributed by atoms with van der Waals surface area (Å²) in [5.74, 6) is -0.0833. The summed E-state index contributed by atoms with van der Waals surface area (Å²) in [6.07, 6.45) is 5.44. The molecule has 1 aliphatic heterocycles. The van der Waals surface area contributed by atoms with E-state index < -0.39 is 11.6 Å². The van der Waals surface area contributed by atoms with Gasteiger partial charge in [0.25, 0.3) is 5.91 Å². The van der Waals surface area contributed by atoms with E-state index in [2.05, 4.69) is 10.6 Å². The molecule has 4 N–H and O–H groups in total. The highest BCUT2D eigenvalue weighted by Crippen LogP contribution is 2.35. The smallest absolute Gasteiger partial charge is 0.325 e. The lowest BCUT2D eigenvalue weighted by Crippen LogP contribution is -2.46. The maximum atomic E-state index is 12.4. The Morgan fingerprint density at radius 1 is 1.36 bits per heavy atom. The fourth-order valence-corrected chi connectivity index (χ4v) is 3.26. The number of hydrogen-bond acceptors (Lipinski definition) is 4. The summed E-state index contributed by atoms with van der Waals surface area (Å²) < 4.78 is 0. The molecule has 0 aromatic rings. The predicted molar refractivity (Wildman–Crippen MR) is 82.4 cm³/mol. The van der Waals surface area contributed by atoms with Crippen LogP contribution in [0.4, 0.5) is 4.79 Å². The molecule has 0 aromatic carbocycles. The molecule has 0 radical (unpaired) electrons.